The van der Waals surface area contributed by atoms with Gasteiger partial charge >= 0.3 is 0 Å². The molecule has 1 aromatic heterocycles. The first-order valence-electron chi connectivity index (χ1n) is 8.54. The largest absolute Gasteiger partial charge is 0.497 e. The summed E-state index contributed by atoms with van der Waals surface area (Å²) < 4.78 is 32.3. The van der Waals surface area contributed by atoms with Gasteiger partial charge in [-0.3, -0.25) is 9.89 Å². The van der Waals surface area contributed by atoms with Gasteiger partial charge in [0.05, 0.1) is 18.5 Å². The highest BCUT2D eigenvalue weighted by Gasteiger charge is 2.34. The quantitative estimate of drug-likeness (QED) is 0.807. The van der Waals surface area contributed by atoms with Crippen LogP contribution in [0, 0.1) is 19.8 Å². The lowest BCUT2D eigenvalue weighted by Gasteiger charge is -2.30. The molecule has 1 aromatic carbocycles. The molecule has 0 saturated carbocycles. The molecule has 1 aliphatic rings. The van der Waals surface area contributed by atoms with Crippen molar-refractivity contribution in [2.45, 2.75) is 31.6 Å². The first kappa shape index (κ1) is 18.6. The number of carbonyl (C=O) groups excluding carboxylic acids is 1. The van der Waals surface area contributed by atoms with Gasteiger partial charge in [-0.25, -0.2) is 8.42 Å². The van der Waals surface area contributed by atoms with Gasteiger partial charge in [0.2, 0.25) is 10.0 Å². The number of hydrogen-bond donors (Lipinski definition) is 1. The highest BCUT2D eigenvalue weighted by Crippen LogP contribution is 2.28. The molecular formula is C18H23N3O4S. The smallest absolute Gasteiger partial charge is 0.246 e. The van der Waals surface area contributed by atoms with Crippen LogP contribution in [-0.4, -0.2) is 48.9 Å². The number of Topliss-reactive ketones (excluding diaryl/α,β-unsaturated/α-hetero) is 1. The molecular weight excluding hydrogens is 354 g/mol. The zero-order valence-corrected chi connectivity index (χ0v) is 16.0. The van der Waals surface area contributed by atoms with Gasteiger partial charge in [-0.15, -0.1) is 0 Å². The average molecular weight is 377 g/mol. The molecule has 1 N–H and O–H groups in total. The van der Waals surface area contributed by atoms with Crippen molar-refractivity contribution in [1.82, 2.24) is 14.5 Å². The Morgan fingerprint density at radius 1 is 1.19 bits per heavy atom. The third-order valence-electron chi connectivity index (χ3n) is 4.86. The highest BCUT2D eigenvalue weighted by molar-refractivity contribution is 7.89. The first-order chi connectivity index (χ1) is 12.3. The van der Waals surface area contributed by atoms with E-state index in [4.69, 9.17) is 4.74 Å². The van der Waals surface area contributed by atoms with Crippen molar-refractivity contribution in [2.75, 3.05) is 20.2 Å². The number of hydrogen-bond acceptors (Lipinski definition) is 5. The Bertz CT molecular complexity index is 876. The number of aromatic nitrogens is 2. The number of aryl methyl sites for hydroxylation is 2. The Kier molecular flexibility index (Phi) is 5.15. The Hall–Kier alpha value is -2.19. The Balaban J connectivity index is 1.69. The second-order valence-corrected chi connectivity index (χ2v) is 8.41. The maximum Gasteiger partial charge on any atom is 0.246 e. The van der Waals surface area contributed by atoms with Crippen LogP contribution in [-0.2, 0) is 10.0 Å². The van der Waals surface area contributed by atoms with E-state index in [-0.39, 0.29) is 16.6 Å². The van der Waals surface area contributed by atoms with Crippen molar-refractivity contribution in [3.8, 4) is 5.75 Å². The van der Waals surface area contributed by atoms with E-state index in [1.807, 2.05) is 0 Å². The normalized spacial score (nSPS) is 16.6. The van der Waals surface area contributed by atoms with Crippen LogP contribution in [0.25, 0.3) is 0 Å². The van der Waals surface area contributed by atoms with Gasteiger partial charge in [-0.2, -0.15) is 9.40 Å². The summed E-state index contributed by atoms with van der Waals surface area (Å²) in [4.78, 5) is 12.9. The van der Waals surface area contributed by atoms with Crippen LogP contribution in [0.3, 0.4) is 0 Å². The molecule has 2 aromatic rings. The van der Waals surface area contributed by atoms with Gasteiger partial charge in [0.25, 0.3) is 0 Å². The second-order valence-electron chi connectivity index (χ2n) is 6.53. The standard InChI is InChI=1S/C18H23N3O4S/c1-12-18(13(2)20-19-12)26(23,24)21-10-8-15(9-11-21)17(22)14-4-6-16(25-3)7-5-14/h4-7,15H,8-11H2,1-3H3,(H,19,20). The van der Waals surface area contributed by atoms with Crippen molar-refractivity contribution < 1.29 is 17.9 Å². The minimum atomic E-state index is -3.59. The fourth-order valence-corrected chi connectivity index (χ4v) is 5.20. The molecule has 7 nitrogen and oxygen atoms in total. The number of H-pyrrole nitrogens is 1. The van der Waals surface area contributed by atoms with E-state index < -0.39 is 10.0 Å². The Labute approximate surface area is 153 Å². The molecule has 0 radical (unpaired) electrons. The lowest BCUT2D eigenvalue weighted by Crippen LogP contribution is -2.40. The van der Waals surface area contributed by atoms with Crippen molar-refractivity contribution in [3.05, 3.63) is 41.2 Å². The summed E-state index contributed by atoms with van der Waals surface area (Å²) in [6.07, 6.45) is 1.03. The molecule has 3 rings (SSSR count). The number of aromatic amines is 1. The van der Waals surface area contributed by atoms with Gasteiger partial charge in [-0.05, 0) is 51.0 Å². The number of carbonyl (C=O) groups is 1. The molecule has 8 heteroatoms. The van der Waals surface area contributed by atoms with Gasteiger partial charge < -0.3 is 4.74 Å². The highest BCUT2D eigenvalue weighted by atomic mass is 32.2. The van der Waals surface area contributed by atoms with Crippen LogP contribution in [0.15, 0.2) is 29.2 Å². The number of methoxy groups -OCH3 is 1. The predicted molar refractivity (Wildman–Crippen MR) is 96.9 cm³/mol. The Morgan fingerprint density at radius 3 is 2.31 bits per heavy atom. The summed E-state index contributed by atoms with van der Waals surface area (Å²) in [5.74, 6) is 0.593. The first-order valence-corrected chi connectivity index (χ1v) is 9.98. The minimum Gasteiger partial charge on any atom is -0.497 e. The summed E-state index contributed by atoms with van der Waals surface area (Å²) >= 11 is 0. The summed E-state index contributed by atoms with van der Waals surface area (Å²) in [6.45, 7) is 4.04. The number of nitrogens with one attached hydrogen (secondary N) is 1. The molecule has 2 heterocycles. The van der Waals surface area contributed by atoms with Crippen molar-refractivity contribution in [3.63, 3.8) is 0 Å². The molecule has 0 bridgehead atoms. The number of sulfonamides is 1. The SMILES string of the molecule is COc1ccc(C(=O)C2CCN(S(=O)(=O)c3c(C)n[nH]c3C)CC2)cc1. The lowest BCUT2D eigenvalue weighted by molar-refractivity contribution is 0.0875. The number of ketones is 1. The molecule has 0 atom stereocenters. The number of nitrogens with zero attached hydrogens (tertiary/aromatic N) is 2. The van der Waals surface area contributed by atoms with Crippen LogP contribution in [0.1, 0.15) is 34.6 Å². The monoisotopic (exact) mass is 377 g/mol. The van der Waals surface area contributed by atoms with E-state index in [1.165, 1.54) is 4.31 Å². The van der Waals surface area contributed by atoms with Crippen molar-refractivity contribution in [1.29, 1.82) is 0 Å². The van der Waals surface area contributed by atoms with E-state index in [0.29, 0.717) is 48.6 Å². The number of rotatable bonds is 5. The summed E-state index contributed by atoms with van der Waals surface area (Å²) in [7, 11) is -2.01. The summed E-state index contributed by atoms with van der Waals surface area (Å²) in [5.41, 5.74) is 1.64. The Morgan fingerprint density at radius 2 is 1.81 bits per heavy atom. The van der Waals surface area contributed by atoms with E-state index in [9.17, 15) is 13.2 Å². The molecule has 0 amide bonds. The van der Waals surface area contributed by atoms with E-state index in [0.717, 1.165) is 0 Å². The van der Waals surface area contributed by atoms with E-state index in [1.54, 1.807) is 45.2 Å². The van der Waals surface area contributed by atoms with Crippen LogP contribution in [0.5, 0.6) is 5.75 Å². The molecule has 26 heavy (non-hydrogen) atoms. The fourth-order valence-electron chi connectivity index (χ4n) is 3.40. The van der Waals surface area contributed by atoms with Gasteiger partial charge in [-0.1, -0.05) is 0 Å². The number of ether oxygens (including phenoxy) is 1. The van der Waals surface area contributed by atoms with E-state index in [2.05, 4.69) is 10.2 Å². The van der Waals surface area contributed by atoms with Gasteiger partial charge in [0, 0.05) is 24.6 Å². The number of benzene rings is 1. The zero-order chi connectivity index (χ0) is 18.9. The summed E-state index contributed by atoms with van der Waals surface area (Å²) in [5, 5.41) is 6.70. The molecule has 0 unspecified atom stereocenters. The average Bonchev–Trinajstić information content (AvgIpc) is 3.00. The summed E-state index contributed by atoms with van der Waals surface area (Å²) in [6, 6.07) is 7.03. The van der Waals surface area contributed by atoms with Crippen LogP contribution >= 0.6 is 0 Å². The predicted octanol–water partition coefficient (Wildman–Crippen LogP) is 2.32. The molecule has 1 aliphatic heterocycles. The van der Waals surface area contributed by atoms with Gasteiger partial charge in [0.1, 0.15) is 10.6 Å². The third kappa shape index (κ3) is 3.39. The fraction of sp³-hybridized carbons (Fsp3) is 0.444. The second kappa shape index (κ2) is 7.20. The molecule has 140 valence electrons. The van der Waals surface area contributed by atoms with Crippen LogP contribution in [0.4, 0.5) is 0 Å². The van der Waals surface area contributed by atoms with Crippen LogP contribution in [0.2, 0.25) is 0 Å². The minimum absolute atomic E-state index is 0.0559. The van der Waals surface area contributed by atoms with E-state index >= 15 is 0 Å². The number of piperidine rings is 1. The van der Waals surface area contributed by atoms with Crippen molar-refractivity contribution in [2.24, 2.45) is 5.92 Å². The van der Waals surface area contributed by atoms with Crippen molar-refractivity contribution >= 4 is 15.8 Å². The molecule has 0 spiro atoms. The molecule has 1 saturated heterocycles. The van der Waals surface area contributed by atoms with Gasteiger partial charge in [0.15, 0.2) is 5.78 Å². The lowest BCUT2D eigenvalue weighted by atomic mass is 9.89. The topological polar surface area (TPSA) is 92.4 Å². The van der Waals surface area contributed by atoms with Crippen LogP contribution < -0.4 is 4.74 Å². The molecule has 1 fully saturated rings. The maximum absolute atomic E-state index is 12.9. The third-order valence-corrected chi connectivity index (χ3v) is 7.02. The molecule has 0 aliphatic carbocycles. The maximum atomic E-state index is 12.9. The zero-order valence-electron chi connectivity index (χ0n) is 15.2.